The Morgan fingerprint density at radius 3 is 2.68 bits per heavy atom. The standard InChI is InChI=1S/C13H8F2INO2/c1-19-13(18)12-11(16)4-7(6-17-12)9-5-8(14)2-3-10(9)15/h2-6H,1H3. The molecular weight excluding hydrogens is 367 g/mol. The minimum absolute atomic E-state index is 0.0989. The van der Waals surface area contributed by atoms with Crippen molar-refractivity contribution in [2.24, 2.45) is 0 Å². The number of rotatable bonds is 2. The van der Waals surface area contributed by atoms with E-state index in [2.05, 4.69) is 9.72 Å². The number of carbonyl (C=O) groups excluding carboxylic acids is 1. The second-order valence-corrected chi connectivity index (χ2v) is 4.83. The number of nitrogens with zero attached hydrogens (tertiary/aromatic N) is 1. The van der Waals surface area contributed by atoms with Gasteiger partial charge in [0.05, 0.1) is 7.11 Å². The number of halogens is 3. The molecule has 3 nitrogen and oxygen atoms in total. The van der Waals surface area contributed by atoms with Crippen LogP contribution in [0.5, 0.6) is 0 Å². The minimum Gasteiger partial charge on any atom is -0.464 e. The monoisotopic (exact) mass is 375 g/mol. The lowest BCUT2D eigenvalue weighted by Crippen LogP contribution is -2.07. The Balaban J connectivity index is 2.50. The molecule has 0 spiro atoms. The van der Waals surface area contributed by atoms with Crippen molar-refractivity contribution in [1.82, 2.24) is 4.98 Å². The zero-order chi connectivity index (χ0) is 14.0. The number of hydrogen-bond donors (Lipinski definition) is 0. The van der Waals surface area contributed by atoms with Gasteiger partial charge in [-0.3, -0.25) is 0 Å². The average molecular weight is 375 g/mol. The highest BCUT2D eigenvalue weighted by molar-refractivity contribution is 14.1. The van der Waals surface area contributed by atoms with E-state index in [1.165, 1.54) is 13.3 Å². The van der Waals surface area contributed by atoms with E-state index in [0.717, 1.165) is 18.2 Å². The Kier molecular flexibility index (Phi) is 4.08. The van der Waals surface area contributed by atoms with Gasteiger partial charge in [-0.25, -0.2) is 18.6 Å². The zero-order valence-corrected chi connectivity index (χ0v) is 11.9. The van der Waals surface area contributed by atoms with Gasteiger partial charge in [0.1, 0.15) is 11.6 Å². The maximum Gasteiger partial charge on any atom is 0.357 e. The topological polar surface area (TPSA) is 39.2 Å². The fourth-order valence-corrected chi connectivity index (χ4v) is 2.25. The fraction of sp³-hybridized carbons (Fsp3) is 0.0769. The third-order valence-electron chi connectivity index (χ3n) is 2.46. The van der Waals surface area contributed by atoms with Crippen molar-refractivity contribution < 1.29 is 18.3 Å². The summed E-state index contributed by atoms with van der Waals surface area (Å²) in [6, 6.07) is 4.73. The van der Waals surface area contributed by atoms with Crippen molar-refractivity contribution in [3.63, 3.8) is 0 Å². The van der Waals surface area contributed by atoms with E-state index in [4.69, 9.17) is 0 Å². The molecule has 0 aliphatic carbocycles. The molecule has 0 atom stereocenters. The van der Waals surface area contributed by atoms with E-state index in [9.17, 15) is 13.6 Å². The molecular formula is C13H8F2INO2. The van der Waals surface area contributed by atoms with Crippen molar-refractivity contribution in [2.75, 3.05) is 7.11 Å². The van der Waals surface area contributed by atoms with Gasteiger partial charge in [0, 0.05) is 20.9 Å². The Morgan fingerprint density at radius 1 is 1.32 bits per heavy atom. The van der Waals surface area contributed by atoms with E-state index in [-0.39, 0.29) is 11.3 Å². The van der Waals surface area contributed by atoms with Crippen LogP contribution in [0.3, 0.4) is 0 Å². The third kappa shape index (κ3) is 2.89. The molecule has 6 heteroatoms. The molecule has 0 N–H and O–H groups in total. The first-order chi connectivity index (χ1) is 9.02. The highest BCUT2D eigenvalue weighted by Crippen LogP contribution is 2.25. The van der Waals surface area contributed by atoms with Crippen LogP contribution >= 0.6 is 22.6 Å². The Bertz CT molecular complexity index is 647. The van der Waals surface area contributed by atoms with Crippen LogP contribution in [0.15, 0.2) is 30.5 Å². The fourth-order valence-electron chi connectivity index (χ4n) is 1.55. The third-order valence-corrected chi connectivity index (χ3v) is 3.28. The zero-order valence-electron chi connectivity index (χ0n) is 9.78. The van der Waals surface area contributed by atoms with E-state index in [1.54, 1.807) is 6.07 Å². The number of aromatic nitrogens is 1. The van der Waals surface area contributed by atoms with Crippen LogP contribution in [-0.4, -0.2) is 18.1 Å². The first-order valence-electron chi connectivity index (χ1n) is 5.22. The van der Waals surface area contributed by atoms with Gasteiger partial charge in [0.2, 0.25) is 0 Å². The number of esters is 1. The summed E-state index contributed by atoms with van der Waals surface area (Å²) in [5, 5.41) is 0. The van der Waals surface area contributed by atoms with Crippen molar-refractivity contribution in [3.8, 4) is 11.1 Å². The van der Waals surface area contributed by atoms with Crippen LogP contribution in [-0.2, 0) is 4.74 Å². The summed E-state index contributed by atoms with van der Waals surface area (Å²) in [5.41, 5.74) is 0.638. The molecule has 0 aliphatic heterocycles. The van der Waals surface area contributed by atoms with Gasteiger partial charge in [0.25, 0.3) is 0 Å². The molecule has 0 bridgehead atoms. The molecule has 0 aliphatic rings. The molecule has 0 unspecified atom stereocenters. The SMILES string of the molecule is COC(=O)c1ncc(-c2cc(F)ccc2F)cc1I. The summed E-state index contributed by atoms with van der Waals surface area (Å²) < 4.78 is 31.8. The molecule has 1 aromatic carbocycles. The number of benzene rings is 1. The number of pyridine rings is 1. The van der Waals surface area contributed by atoms with Crippen LogP contribution in [0.4, 0.5) is 8.78 Å². The lowest BCUT2D eigenvalue weighted by atomic mass is 10.1. The van der Waals surface area contributed by atoms with Crippen LogP contribution in [0, 0.1) is 15.2 Å². The summed E-state index contributed by atoms with van der Waals surface area (Å²) in [6.45, 7) is 0. The van der Waals surface area contributed by atoms with Crippen LogP contribution in [0.2, 0.25) is 0 Å². The maximum atomic E-state index is 13.6. The summed E-state index contributed by atoms with van der Waals surface area (Å²) in [6.07, 6.45) is 1.31. The summed E-state index contributed by atoms with van der Waals surface area (Å²) in [4.78, 5) is 15.3. The average Bonchev–Trinajstić information content (AvgIpc) is 2.40. The molecule has 0 amide bonds. The van der Waals surface area contributed by atoms with Crippen molar-refractivity contribution in [3.05, 3.63) is 51.4 Å². The maximum absolute atomic E-state index is 13.6. The van der Waals surface area contributed by atoms with Gasteiger partial charge >= 0.3 is 5.97 Å². The smallest absolute Gasteiger partial charge is 0.357 e. The predicted octanol–water partition coefficient (Wildman–Crippen LogP) is 3.42. The van der Waals surface area contributed by atoms with Crippen LogP contribution < -0.4 is 0 Å². The summed E-state index contributed by atoms with van der Waals surface area (Å²) in [7, 11) is 1.25. The molecule has 2 rings (SSSR count). The van der Waals surface area contributed by atoms with Gasteiger partial charge in [0.15, 0.2) is 5.69 Å². The Morgan fingerprint density at radius 2 is 2.05 bits per heavy atom. The number of carbonyl (C=O) groups is 1. The molecule has 98 valence electrons. The molecule has 2 aromatic rings. The Hall–Kier alpha value is -1.57. The van der Waals surface area contributed by atoms with Crippen molar-refractivity contribution in [1.29, 1.82) is 0 Å². The van der Waals surface area contributed by atoms with E-state index < -0.39 is 17.6 Å². The van der Waals surface area contributed by atoms with E-state index in [0.29, 0.717) is 9.13 Å². The van der Waals surface area contributed by atoms with Gasteiger partial charge in [-0.15, -0.1) is 0 Å². The van der Waals surface area contributed by atoms with Crippen LogP contribution in [0.1, 0.15) is 10.5 Å². The number of ether oxygens (including phenoxy) is 1. The first kappa shape index (κ1) is 13.9. The predicted molar refractivity (Wildman–Crippen MR) is 73.6 cm³/mol. The molecule has 0 radical (unpaired) electrons. The lowest BCUT2D eigenvalue weighted by molar-refractivity contribution is 0.0593. The molecule has 1 aromatic heterocycles. The summed E-state index contributed by atoms with van der Waals surface area (Å²) >= 11 is 1.89. The molecule has 1 heterocycles. The van der Waals surface area contributed by atoms with Gasteiger partial charge in [-0.2, -0.15) is 0 Å². The highest BCUT2D eigenvalue weighted by Gasteiger charge is 2.14. The van der Waals surface area contributed by atoms with E-state index >= 15 is 0 Å². The molecule has 0 fully saturated rings. The summed E-state index contributed by atoms with van der Waals surface area (Å²) in [5.74, 6) is -1.66. The quantitative estimate of drug-likeness (QED) is 0.597. The molecule has 19 heavy (non-hydrogen) atoms. The second kappa shape index (κ2) is 5.60. The van der Waals surface area contributed by atoms with Gasteiger partial charge in [-0.05, 0) is 46.9 Å². The molecule has 0 saturated heterocycles. The normalized spacial score (nSPS) is 10.3. The van der Waals surface area contributed by atoms with Crippen molar-refractivity contribution >= 4 is 28.6 Å². The highest BCUT2D eigenvalue weighted by atomic mass is 127. The second-order valence-electron chi connectivity index (χ2n) is 3.67. The first-order valence-corrected chi connectivity index (χ1v) is 6.30. The van der Waals surface area contributed by atoms with Crippen LogP contribution in [0.25, 0.3) is 11.1 Å². The van der Waals surface area contributed by atoms with Gasteiger partial charge < -0.3 is 4.74 Å². The van der Waals surface area contributed by atoms with E-state index in [1.807, 2.05) is 22.6 Å². The largest absolute Gasteiger partial charge is 0.464 e. The lowest BCUT2D eigenvalue weighted by Gasteiger charge is -2.06. The minimum atomic E-state index is -0.573. The van der Waals surface area contributed by atoms with Crippen molar-refractivity contribution in [2.45, 2.75) is 0 Å². The number of hydrogen-bond acceptors (Lipinski definition) is 3. The van der Waals surface area contributed by atoms with Gasteiger partial charge in [-0.1, -0.05) is 0 Å². The Labute approximate surface area is 121 Å². The number of methoxy groups -OCH3 is 1. The molecule has 0 saturated carbocycles.